The molecule has 0 bridgehead atoms. The van der Waals surface area contributed by atoms with Crippen molar-refractivity contribution in [3.63, 3.8) is 0 Å². The molecule has 1 heterocycles. The molecule has 0 radical (unpaired) electrons. The van der Waals surface area contributed by atoms with Crippen LogP contribution in [0.25, 0.3) is 10.9 Å². The van der Waals surface area contributed by atoms with Gasteiger partial charge in [0.15, 0.2) is 0 Å². The lowest BCUT2D eigenvalue weighted by atomic mass is 9.97. The third-order valence-electron chi connectivity index (χ3n) is 3.73. The predicted octanol–water partition coefficient (Wildman–Crippen LogP) is 4.24. The van der Waals surface area contributed by atoms with Crippen LogP contribution in [0, 0.1) is 6.92 Å². The first-order valence-corrected chi connectivity index (χ1v) is 7.43. The fraction of sp³-hybridized carbons (Fsp3) is 0.211. The zero-order valence-corrected chi connectivity index (χ0v) is 12.5. The van der Waals surface area contributed by atoms with Crippen LogP contribution < -0.4 is 5.32 Å². The second-order valence-electron chi connectivity index (χ2n) is 5.31. The molecule has 0 aliphatic carbocycles. The Hall–Kier alpha value is -2.19. The molecule has 0 aliphatic rings. The SMILES string of the molecule is CCNC(c1ccccc1)c1ccc2nc(C)ccc2c1. The minimum atomic E-state index is 0.224. The summed E-state index contributed by atoms with van der Waals surface area (Å²) in [5.74, 6) is 0. The van der Waals surface area contributed by atoms with E-state index in [-0.39, 0.29) is 6.04 Å². The number of hydrogen-bond donors (Lipinski definition) is 1. The Morgan fingerprint density at radius 3 is 2.52 bits per heavy atom. The topological polar surface area (TPSA) is 24.9 Å². The molecule has 3 rings (SSSR count). The van der Waals surface area contributed by atoms with E-state index in [4.69, 9.17) is 0 Å². The van der Waals surface area contributed by atoms with Gasteiger partial charge in [0, 0.05) is 11.1 Å². The van der Waals surface area contributed by atoms with E-state index in [9.17, 15) is 0 Å². The van der Waals surface area contributed by atoms with Gasteiger partial charge in [-0.2, -0.15) is 0 Å². The first-order valence-electron chi connectivity index (χ1n) is 7.43. The van der Waals surface area contributed by atoms with Crippen molar-refractivity contribution in [3.8, 4) is 0 Å². The number of nitrogens with one attached hydrogen (secondary N) is 1. The Morgan fingerprint density at radius 2 is 1.76 bits per heavy atom. The molecule has 2 heteroatoms. The molecule has 0 spiro atoms. The molecule has 0 saturated carbocycles. The normalized spacial score (nSPS) is 12.5. The van der Waals surface area contributed by atoms with Crippen molar-refractivity contribution in [3.05, 3.63) is 77.5 Å². The van der Waals surface area contributed by atoms with Gasteiger partial charge in [-0.25, -0.2) is 0 Å². The van der Waals surface area contributed by atoms with E-state index in [1.807, 2.05) is 6.92 Å². The highest BCUT2D eigenvalue weighted by molar-refractivity contribution is 5.79. The van der Waals surface area contributed by atoms with E-state index >= 15 is 0 Å². The van der Waals surface area contributed by atoms with Gasteiger partial charge in [0.25, 0.3) is 0 Å². The molecule has 21 heavy (non-hydrogen) atoms. The Balaban J connectivity index is 2.05. The monoisotopic (exact) mass is 276 g/mol. The molecule has 0 amide bonds. The molecule has 1 atom stereocenters. The molecule has 0 saturated heterocycles. The number of fused-ring (bicyclic) bond motifs is 1. The van der Waals surface area contributed by atoms with Crippen LogP contribution in [0.15, 0.2) is 60.7 Å². The molecule has 106 valence electrons. The van der Waals surface area contributed by atoms with Gasteiger partial charge in [-0.1, -0.05) is 49.4 Å². The quantitative estimate of drug-likeness (QED) is 0.771. The molecule has 1 unspecified atom stereocenters. The average Bonchev–Trinajstić information content (AvgIpc) is 2.53. The van der Waals surface area contributed by atoms with Crippen LogP contribution in [0.4, 0.5) is 0 Å². The van der Waals surface area contributed by atoms with E-state index < -0.39 is 0 Å². The summed E-state index contributed by atoms with van der Waals surface area (Å²) in [6, 6.07) is 21.5. The molecule has 0 aliphatic heterocycles. The van der Waals surface area contributed by atoms with Crippen molar-refractivity contribution in [2.24, 2.45) is 0 Å². The van der Waals surface area contributed by atoms with E-state index in [2.05, 4.69) is 77.9 Å². The number of aryl methyl sites for hydroxylation is 1. The third kappa shape index (κ3) is 2.96. The molecule has 2 nitrogen and oxygen atoms in total. The molecule has 3 aromatic rings. The first kappa shape index (κ1) is 13.8. The lowest BCUT2D eigenvalue weighted by Crippen LogP contribution is -2.21. The number of rotatable bonds is 4. The zero-order chi connectivity index (χ0) is 14.7. The Labute approximate surface area is 125 Å². The van der Waals surface area contributed by atoms with Crippen LogP contribution >= 0.6 is 0 Å². The highest BCUT2D eigenvalue weighted by Gasteiger charge is 2.13. The Bertz CT molecular complexity index is 735. The summed E-state index contributed by atoms with van der Waals surface area (Å²) in [6.07, 6.45) is 0. The Kier molecular flexibility index (Phi) is 3.98. The van der Waals surface area contributed by atoms with Crippen LogP contribution in [0.3, 0.4) is 0 Å². The van der Waals surface area contributed by atoms with Crippen molar-refractivity contribution < 1.29 is 0 Å². The first-order chi connectivity index (χ1) is 10.3. The number of hydrogen-bond acceptors (Lipinski definition) is 2. The zero-order valence-electron chi connectivity index (χ0n) is 12.5. The number of benzene rings is 2. The van der Waals surface area contributed by atoms with Crippen LogP contribution in [0.1, 0.15) is 29.8 Å². The summed E-state index contributed by atoms with van der Waals surface area (Å²) < 4.78 is 0. The summed E-state index contributed by atoms with van der Waals surface area (Å²) in [4.78, 5) is 4.57. The van der Waals surface area contributed by atoms with Gasteiger partial charge in [-0.05, 0) is 42.8 Å². The maximum atomic E-state index is 4.57. The van der Waals surface area contributed by atoms with E-state index in [0.717, 1.165) is 17.8 Å². The molecule has 1 aromatic heterocycles. The van der Waals surface area contributed by atoms with Crippen LogP contribution in [-0.4, -0.2) is 11.5 Å². The second kappa shape index (κ2) is 6.06. The molecule has 0 fully saturated rings. The maximum Gasteiger partial charge on any atom is 0.0705 e. The van der Waals surface area contributed by atoms with E-state index in [1.165, 1.54) is 16.5 Å². The van der Waals surface area contributed by atoms with Gasteiger partial charge >= 0.3 is 0 Å². The second-order valence-corrected chi connectivity index (χ2v) is 5.31. The van der Waals surface area contributed by atoms with E-state index in [0.29, 0.717) is 0 Å². The Morgan fingerprint density at radius 1 is 0.952 bits per heavy atom. The van der Waals surface area contributed by atoms with Gasteiger partial charge in [-0.15, -0.1) is 0 Å². The number of nitrogens with zero attached hydrogens (tertiary/aromatic N) is 1. The van der Waals surface area contributed by atoms with Crippen LogP contribution in [0.2, 0.25) is 0 Å². The fourth-order valence-electron chi connectivity index (χ4n) is 2.70. The van der Waals surface area contributed by atoms with Crippen LogP contribution in [0.5, 0.6) is 0 Å². The van der Waals surface area contributed by atoms with Crippen molar-refractivity contribution in [2.75, 3.05) is 6.54 Å². The summed E-state index contributed by atoms with van der Waals surface area (Å²) in [6.45, 7) is 5.10. The summed E-state index contributed by atoms with van der Waals surface area (Å²) >= 11 is 0. The molecular weight excluding hydrogens is 256 g/mol. The lowest BCUT2D eigenvalue weighted by Gasteiger charge is -2.19. The van der Waals surface area contributed by atoms with Crippen LogP contribution in [-0.2, 0) is 0 Å². The van der Waals surface area contributed by atoms with Crippen molar-refractivity contribution in [1.82, 2.24) is 10.3 Å². The molecule has 2 aromatic carbocycles. The molecule has 1 N–H and O–H groups in total. The standard InChI is InChI=1S/C19H20N2/c1-3-20-19(15-7-5-4-6-8-15)17-11-12-18-16(13-17)10-9-14(2)21-18/h4-13,19-20H,3H2,1-2H3. The summed E-state index contributed by atoms with van der Waals surface area (Å²) in [5.41, 5.74) is 4.68. The highest BCUT2D eigenvalue weighted by atomic mass is 14.9. The summed E-state index contributed by atoms with van der Waals surface area (Å²) in [5, 5.41) is 4.76. The number of aromatic nitrogens is 1. The average molecular weight is 276 g/mol. The van der Waals surface area contributed by atoms with Gasteiger partial charge in [0.1, 0.15) is 0 Å². The smallest absolute Gasteiger partial charge is 0.0705 e. The number of pyridine rings is 1. The summed E-state index contributed by atoms with van der Waals surface area (Å²) in [7, 11) is 0. The largest absolute Gasteiger partial charge is 0.307 e. The lowest BCUT2D eigenvalue weighted by molar-refractivity contribution is 0.631. The predicted molar refractivity (Wildman–Crippen MR) is 88.4 cm³/mol. The highest BCUT2D eigenvalue weighted by Crippen LogP contribution is 2.25. The van der Waals surface area contributed by atoms with Gasteiger partial charge in [0.2, 0.25) is 0 Å². The van der Waals surface area contributed by atoms with Crippen molar-refractivity contribution >= 4 is 10.9 Å². The minimum Gasteiger partial charge on any atom is -0.307 e. The van der Waals surface area contributed by atoms with Crippen molar-refractivity contribution in [1.29, 1.82) is 0 Å². The molecular formula is C19H20N2. The third-order valence-corrected chi connectivity index (χ3v) is 3.73. The minimum absolute atomic E-state index is 0.224. The van der Waals surface area contributed by atoms with E-state index in [1.54, 1.807) is 0 Å². The van der Waals surface area contributed by atoms with Gasteiger partial charge < -0.3 is 5.32 Å². The maximum absolute atomic E-state index is 4.57. The van der Waals surface area contributed by atoms with Gasteiger partial charge in [-0.3, -0.25) is 4.98 Å². The van der Waals surface area contributed by atoms with Gasteiger partial charge in [0.05, 0.1) is 11.6 Å². The van der Waals surface area contributed by atoms with Crippen molar-refractivity contribution in [2.45, 2.75) is 19.9 Å². The fourth-order valence-corrected chi connectivity index (χ4v) is 2.70.